The maximum Gasteiger partial charge on any atom is 0.227 e. The van der Waals surface area contributed by atoms with E-state index in [9.17, 15) is 4.79 Å². The molecule has 0 spiro atoms. The SMILES string of the molecule is C[C@@H]1CN(C(=O)[C@H]2CCCN(c3cnccn3)C2)C[C@H]1N(C)C. The predicted molar refractivity (Wildman–Crippen MR) is 90.2 cm³/mol. The van der Waals surface area contributed by atoms with Crippen molar-refractivity contribution in [3.63, 3.8) is 0 Å². The molecule has 23 heavy (non-hydrogen) atoms. The summed E-state index contributed by atoms with van der Waals surface area (Å²) in [5.74, 6) is 1.81. The summed E-state index contributed by atoms with van der Waals surface area (Å²) in [5, 5.41) is 0. The Bertz CT molecular complexity index is 535. The highest BCUT2D eigenvalue weighted by Crippen LogP contribution is 2.26. The van der Waals surface area contributed by atoms with E-state index in [2.05, 4.69) is 45.7 Å². The molecule has 1 aromatic heterocycles. The largest absolute Gasteiger partial charge is 0.355 e. The van der Waals surface area contributed by atoms with Crippen molar-refractivity contribution in [3.05, 3.63) is 18.6 Å². The fourth-order valence-corrected chi connectivity index (χ4v) is 3.90. The van der Waals surface area contributed by atoms with E-state index in [0.29, 0.717) is 17.9 Å². The molecule has 0 radical (unpaired) electrons. The van der Waals surface area contributed by atoms with Crippen LogP contribution in [0.1, 0.15) is 19.8 Å². The Kier molecular flexibility index (Phi) is 4.80. The van der Waals surface area contributed by atoms with Gasteiger partial charge in [0.1, 0.15) is 5.82 Å². The normalized spacial score (nSPS) is 28.4. The molecule has 2 saturated heterocycles. The molecule has 2 fully saturated rings. The van der Waals surface area contributed by atoms with Gasteiger partial charge in [-0.2, -0.15) is 0 Å². The first-order chi connectivity index (χ1) is 11.1. The first-order valence-electron chi connectivity index (χ1n) is 8.52. The van der Waals surface area contributed by atoms with Crippen molar-refractivity contribution in [3.8, 4) is 0 Å². The molecule has 3 atom stereocenters. The van der Waals surface area contributed by atoms with Crippen molar-refractivity contribution < 1.29 is 4.79 Å². The molecule has 1 aromatic rings. The summed E-state index contributed by atoms with van der Waals surface area (Å²) < 4.78 is 0. The number of aromatic nitrogens is 2. The van der Waals surface area contributed by atoms with Crippen LogP contribution in [0, 0.1) is 11.8 Å². The standard InChI is InChI=1S/C17H27N5O/c1-13-10-22(12-15(13)20(2)3)17(23)14-5-4-8-21(11-14)16-9-18-6-7-19-16/h6-7,9,13-15H,4-5,8,10-12H2,1-3H3/t13-,14+,15-/m1/s1. The summed E-state index contributed by atoms with van der Waals surface area (Å²) in [4.78, 5) is 28.0. The average Bonchev–Trinajstić information content (AvgIpc) is 2.97. The molecule has 2 aliphatic heterocycles. The highest BCUT2D eigenvalue weighted by atomic mass is 16.2. The number of carbonyl (C=O) groups excluding carboxylic acids is 1. The number of amides is 1. The third-order valence-electron chi connectivity index (χ3n) is 5.19. The van der Waals surface area contributed by atoms with Crippen LogP contribution in [0.4, 0.5) is 5.82 Å². The van der Waals surface area contributed by atoms with Crippen molar-refractivity contribution in [1.82, 2.24) is 19.8 Å². The lowest BCUT2D eigenvalue weighted by Crippen LogP contribution is -2.45. The Morgan fingerprint density at radius 2 is 2.09 bits per heavy atom. The fraction of sp³-hybridized carbons (Fsp3) is 0.706. The quantitative estimate of drug-likeness (QED) is 0.836. The Labute approximate surface area is 138 Å². The van der Waals surface area contributed by atoms with Gasteiger partial charge in [0, 0.05) is 44.6 Å². The van der Waals surface area contributed by atoms with Crippen LogP contribution in [0.2, 0.25) is 0 Å². The lowest BCUT2D eigenvalue weighted by molar-refractivity contribution is -0.135. The second kappa shape index (κ2) is 6.83. The number of nitrogens with zero attached hydrogens (tertiary/aromatic N) is 5. The summed E-state index contributed by atoms with van der Waals surface area (Å²) in [7, 11) is 4.21. The van der Waals surface area contributed by atoms with E-state index in [1.807, 2.05) is 0 Å². The first-order valence-corrected chi connectivity index (χ1v) is 8.52. The molecule has 0 saturated carbocycles. The molecule has 2 aliphatic rings. The predicted octanol–water partition coefficient (Wildman–Crippen LogP) is 1.10. The zero-order valence-electron chi connectivity index (χ0n) is 14.4. The molecule has 0 bridgehead atoms. The molecule has 126 valence electrons. The Balaban J connectivity index is 1.64. The van der Waals surface area contributed by atoms with Gasteiger partial charge in [-0.15, -0.1) is 0 Å². The summed E-state index contributed by atoms with van der Waals surface area (Å²) in [6.07, 6.45) is 7.20. The van der Waals surface area contributed by atoms with Gasteiger partial charge in [0.05, 0.1) is 12.1 Å². The molecule has 3 heterocycles. The second-order valence-electron chi connectivity index (χ2n) is 7.10. The minimum atomic E-state index is 0.0823. The lowest BCUT2D eigenvalue weighted by atomic mass is 9.96. The van der Waals surface area contributed by atoms with Crippen LogP contribution in [0.15, 0.2) is 18.6 Å². The Hall–Kier alpha value is -1.69. The summed E-state index contributed by atoms with van der Waals surface area (Å²) in [6, 6.07) is 0.471. The van der Waals surface area contributed by atoms with Gasteiger partial charge in [0.2, 0.25) is 5.91 Å². The minimum absolute atomic E-state index is 0.0823. The van der Waals surface area contributed by atoms with Gasteiger partial charge >= 0.3 is 0 Å². The molecule has 3 rings (SSSR count). The third kappa shape index (κ3) is 3.47. The lowest BCUT2D eigenvalue weighted by Gasteiger charge is -2.34. The van der Waals surface area contributed by atoms with Crippen LogP contribution < -0.4 is 4.90 Å². The molecule has 1 amide bonds. The second-order valence-corrected chi connectivity index (χ2v) is 7.10. The molecule has 0 aliphatic carbocycles. The van der Waals surface area contributed by atoms with Crippen LogP contribution in [0.3, 0.4) is 0 Å². The van der Waals surface area contributed by atoms with Crippen LogP contribution in [0.5, 0.6) is 0 Å². The Morgan fingerprint density at radius 3 is 2.74 bits per heavy atom. The van der Waals surface area contributed by atoms with E-state index < -0.39 is 0 Å². The smallest absolute Gasteiger partial charge is 0.227 e. The van der Waals surface area contributed by atoms with Gasteiger partial charge in [-0.25, -0.2) is 4.98 Å². The number of piperidine rings is 1. The van der Waals surface area contributed by atoms with Gasteiger partial charge in [0.15, 0.2) is 0 Å². The molecule has 6 nitrogen and oxygen atoms in total. The van der Waals surface area contributed by atoms with Gasteiger partial charge in [-0.05, 0) is 32.9 Å². The van der Waals surface area contributed by atoms with Crippen LogP contribution in [0.25, 0.3) is 0 Å². The number of anilines is 1. The first kappa shape index (κ1) is 16.2. The van der Waals surface area contributed by atoms with Gasteiger partial charge < -0.3 is 14.7 Å². The van der Waals surface area contributed by atoms with E-state index in [-0.39, 0.29) is 5.92 Å². The fourth-order valence-electron chi connectivity index (χ4n) is 3.90. The number of hydrogen-bond donors (Lipinski definition) is 0. The maximum atomic E-state index is 12.9. The molecule has 0 aromatic carbocycles. The molecular weight excluding hydrogens is 290 g/mol. The molecular formula is C17H27N5O. The van der Waals surface area contributed by atoms with Crippen LogP contribution in [-0.2, 0) is 4.79 Å². The molecule has 0 unspecified atom stereocenters. The minimum Gasteiger partial charge on any atom is -0.355 e. The summed E-state index contributed by atoms with van der Waals surface area (Å²) >= 11 is 0. The van der Waals surface area contributed by atoms with Gasteiger partial charge in [-0.3, -0.25) is 9.78 Å². The molecule has 0 N–H and O–H groups in total. The van der Waals surface area contributed by atoms with Crippen LogP contribution >= 0.6 is 0 Å². The number of likely N-dealkylation sites (tertiary alicyclic amines) is 1. The molecule has 6 heteroatoms. The van der Waals surface area contributed by atoms with E-state index in [1.165, 1.54) is 0 Å². The number of hydrogen-bond acceptors (Lipinski definition) is 5. The van der Waals surface area contributed by atoms with Crippen molar-refractivity contribution in [1.29, 1.82) is 0 Å². The van der Waals surface area contributed by atoms with E-state index in [1.54, 1.807) is 18.6 Å². The number of carbonyl (C=O) groups is 1. The summed E-state index contributed by atoms with van der Waals surface area (Å²) in [6.45, 7) is 5.69. The zero-order valence-corrected chi connectivity index (χ0v) is 14.4. The summed E-state index contributed by atoms with van der Waals surface area (Å²) in [5.41, 5.74) is 0. The van der Waals surface area contributed by atoms with Crippen molar-refractivity contribution >= 4 is 11.7 Å². The number of likely N-dealkylation sites (N-methyl/N-ethyl adjacent to an activating group) is 1. The van der Waals surface area contributed by atoms with Crippen molar-refractivity contribution in [2.75, 3.05) is 45.2 Å². The monoisotopic (exact) mass is 317 g/mol. The third-order valence-corrected chi connectivity index (χ3v) is 5.19. The van der Waals surface area contributed by atoms with Crippen molar-refractivity contribution in [2.24, 2.45) is 11.8 Å². The highest BCUT2D eigenvalue weighted by molar-refractivity contribution is 5.80. The van der Waals surface area contributed by atoms with E-state index >= 15 is 0 Å². The van der Waals surface area contributed by atoms with Crippen LogP contribution in [-0.4, -0.2) is 72.0 Å². The number of rotatable bonds is 3. The van der Waals surface area contributed by atoms with Crippen molar-refractivity contribution in [2.45, 2.75) is 25.8 Å². The topological polar surface area (TPSA) is 52.6 Å². The Morgan fingerprint density at radius 1 is 1.26 bits per heavy atom. The highest BCUT2D eigenvalue weighted by Gasteiger charge is 2.37. The van der Waals surface area contributed by atoms with E-state index in [0.717, 1.165) is 44.8 Å². The maximum absolute atomic E-state index is 12.9. The van der Waals surface area contributed by atoms with Gasteiger partial charge in [-0.1, -0.05) is 6.92 Å². The van der Waals surface area contributed by atoms with E-state index in [4.69, 9.17) is 0 Å². The van der Waals surface area contributed by atoms with Gasteiger partial charge in [0.25, 0.3) is 0 Å². The average molecular weight is 317 g/mol. The zero-order chi connectivity index (χ0) is 16.4.